The highest BCUT2D eigenvalue weighted by molar-refractivity contribution is 8.26. The fraction of sp³-hybridized carbons (Fsp3) is 0.294. The Bertz CT molecular complexity index is 761. The van der Waals surface area contributed by atoms with Crippen LogP contribution in [0.15, 0.2) is 29.2 Å². The maximum absolute atomic E-state index is 12.5. The largest absolute Gasteiger partial charge is 0.497 e. The predicted octanol–water partition coefficient (Wildman–Crippen LogP) is 1.88. The summed E-state index contributed by atoms with van der Waals surface area (Å²) in [7, 11) is 1.58. The number of aliphatic carboxylic acids is 1. The second kappa shape index (κ2) is 8.81. The summed E-state index contributed by atoms with van der Waals surface area (Å²) in [6.45, 7) is 1.47. The maximum atomic E-state index is 12.5. The van der Waals surface area contributed by atoms with Gasteiger partial charge in [-0.05, 0) is 30.7 Å². The van der Waals surface area contributed by atoms with E-state index >= 15 is 0 Å². The fourth-order valence-electron chi connectivity index (χ4n) is 2.13. The van der Waals surface area contributed by atoms with Gasteiger partial charge in [0.2, 0.25) is 5.91 Å². The first-order chi connectivity index (χ1) is 12.3. The molecule has 1 fully saturated rings. The van der Waals surface area contributed by atoms with Gasteiger partial charge in [-0.15, -0.1) is 0 Å². The van der Waals surface area contributed by atoms with E-state index in [4.69, 9.17) is 22.1 Å². The molecule has 138 valence electrons. The monoisotopic (exact) mass is 394 g/mol. The van der Waals surface area contributed by atoms with Crippen LogP contribution in [-0.2, 0) is 14.4 Å². The van der Waals surface area contributed by atoms with Gasteiger partial charge < -0.3 is 15.2 Å². The first-order valence-electron chi connectivity index (χ1n) is 7.73. The van der Waals surface area contributed by atoms with Crippen LogP contribution >= 0.6 is 24.0 Å². The number of hydrogen-bond acceptors (Lipinski definition) is 6. The minimum absolute atomic E-state index is 0.0279. The average Bonchev–Trinajstić information content (AvgIpc) is 2.87. The van der Waals surface area contributed by atoms with Gasteiger partial charge in [0, 0.05) is 13.0 Å². The quantitative estimate of drug-likeness (QED) is 0.538. The number of methoxy groups -OCH3 is 1. The number of hydrogen-bond donors (Lipinski definition) is 2. The van der Waals surface area contributed by atoms with Crippen LogP contribution in [-0.4, -0.2) is 51.8 Å². The van der Waals surface area contributed by atoms with E-state index in [0.717, 1.165) is 11.3 Å². The van der Waals surface area contributed by atoms with Crippen LogP contribution in [0.4, 0.5) is 0 Å². The number of nitrogens with zero attached hydrogens (tertiary/aromatic N) is 1. The molecule has 0 radical (unpaired) electrons. The van der Waals surface area contributed by atoms with Crippen LogP contribution < -0.4 is 10.1 Å². The molecule has 26 heavy (non-hydrogen) atoms. The topological polar surface area (TPSA) is 95.9 Å². The second-order valence-corrected chi connectivity index (χ2v) is 7.16. The molecule has 2 N–H and O–H groups in total. The first kappa shape index (κ1) is 19.9. The van der Waals surface area contributed by atoms with Crippen molar-refractivity contribution in [1.29, 1.82) is 0 Å². The van der Waals surface area contributed by atoms with Crippen LogP contribution in [0.2, 0.25) is 0 Å². The summed E-state index contributed by atoms with van der Waals surface area (Å²) in [4.78, 5) is 36.8. The number of nitrogens with one attached hydrogen (secondary N) is 1. The smallest absolute Gasteiger partial charge is 0.325 e. The standard InChI is InChI=1S/C17H18N2O5S2/c1-10(16(22)23)18-14(20)7-8-19-15(21)13(26-17(19)25)9-11-3-5-12(24-2)6-4-11/h3-6,9-10H,7-8H2,1-2H3,(H,18,20)(H,22,23). The molecular weight excluding hydrogens is 376 g/mol. The van der Waals surface area contributed by atoms with Crippen molar-refractivity contribution >= 4 is 52.2 Å². The molecule has 0 saturated carbocycles. The van der Waals surface area contributed by atoms with Crippen molar-refractivity contribution in [2.24, 2.45) is 0 Å². The van der Waals surface area contributed by atoms with Crippen molar-refractivity contribution in [2.75, 3.05) is 13.7 Å². The highest BCUT2D eigenvalue weighted by Crippen LogP contribution is 2.32. The highest BCUT2D eigenvalue weighted by atomic mass is 32.2. The normalized spacial score (nSPS) is 16.7. The number of rotatable bonds is 7. The molecule has 7 nitrogen and oxygen atoms in total. The lowest BCUT2D eigenvalue weighted by molar-refractivity contribution is -0.141. The van der Waals surface area contributed by atoms with E-state index in [1.807, 2.05) is 12.1 Å². The Hall–Kier alpha value is -2.39. The van der Waals surface area contributed by atoms with Crippen molar-refractivity contribution < 1.29 is 24.2 Å². The molecule has 1 unspecified atom stereocenters. The molecule has 1 aliphatic heterocycles. The van der Waals surface area contributed by atoms with Crippen LogP contribution in [0.3, 0.4) is 0 Å². The Labute approximate surface area is 160 Å². The van der Waals surface area contributed by atoms with Crippen molar-refractivity contribution in [2.45, 2.75) is 19.4 Å². The summed E-state index contributed by atoms with van der Waals surface area (Å²) >= 11 is 6.38. The number of carboxylic acids is 1. The molecule has 1 atom stereocenters. The van der Waals surface area contributed by atoms with Crippen LogP contribution in [0.5, 0.6) is 5.75 Å². The molecule has 1 aliphatic rings. The summed E-state index contributed by atoms with van der Waals surface area (Å²) in [5.41, 5.74) is 0.833. The Morgan fingerprint density at radius 2 is 2.04 bits per heavy atom. The zero-order valence-corrected chi connectivity index (χ0v) is 15.9. The van der Waals surface area contributed by atoms with Gasteiger partial charge in [-0.2, -0.15) is 0 Å². The zero-order chi connectivity index (χ0) is 19.3. The second-order valence-electron chi connectivity index (χ2n) is 5.48. The Balaban J connectivity index is 1.98. The third-order valence-corrected chi connectivity index (χ3v) is 4.98. The molecule has 1 aromatic rings. The zero-order valence-electron chi connectivity index (χ0n) is 14.2. The lowest BCUT2D eigenvalue weighted by atomic mass is 10.2. The van der Waals surface area contributed by atoms with Gasteiger partial charge in [-0.3, -0.25) is 19.3 Å². The number of thiocarbonyl (C=S) groups is 1. The Morgan fingerprint density at radius 3 is 2.62 bits per heavy atom. The average molecular weight is 394 g/mol. The summed E-state index contributed by atoms with van der Waals surface area (Å²) in [6.07, 6.45) is 1.70. The molecule has 0 spiro atoms. The summed E-state index contributed by atoms with van der Waals surface area (Å²) in [5.74, 6) is -1.12. The van der Waals surface area contributed by atoms with Gasteiger partial charge >= 0.3 is 5.97 Å². The summed E-state index contributed by atoms with van der Waals surface area (Å²) in [5, 5.41) is 11.1. The van der Waals surface area contributed by atoms with Crippen LogP contribution in [0.1, 0.15) is 18.9 Å². The number of carbonyl (C=O) groups excluding carboxylic acids is 2. The molecule has 0 aromatic heterocycles. The number of thioether (sulfide) groups is 1. The van der Waals surface area contributed by atoms with E-state index in [9.17, 15) is 14.4 Å². The summed E-state index contributed by atoms with van der Waals surface area (Å²) < 4.78 is 5.46. The highest BCUT2D eigenvalue weighted by Gasteiger charge is 2.32. The Morgan fingerprint density at radius 1 is 1.38 bits per heavy atom. The van der Waals surface area contributed by atoms with E-state index < -0.39 is 17.9 Å². The summed E-state index contributed by atoms with van der Waals surface area (Å²) in [6, 6.07) is 6.25. The molecule has 9 heteroatoms. The molecular formula is C17H18N2O5S2. The minimum atomic E-state index is -1.12. The van der Waals surface area contributed by atoms with Crippen molar-refractivity contribution in [3.8, 4) is 5.75 Å². The van der Waals surface area contributed by atoms with Crippen molar-refractivity contribution in [3.63, 3.8) is 0 Å². The lowest BCUT2D eigenvalue weighted by Crippen LogP contribution is -2.40. The van der Waals surface area contributed by atoms with Gasteiger partial charge in [0.25, 0.3) is 5.91 Å². The van der Waals surface area contributed by atoms with Gasteiger partial charge in [-0.1, -0.05) is 36.1 Å². The number of carbonyl (C=O) groups is 3. The lowest BCUT2D eigenvalue weighted by Gasteiger charge is -2.15. The van der Waals surface area contributed by atoms with Gasteiger partial charge in [0.05, 0.1) is 12.0 Å². The molecule has 2 amide bonds. The SMILES string of the molecule is COc1ccc(C=C2SC(=S)N(CCC(=O)NC(C)C(=O)O)C2=O)cc1. The van der Waals surface area contributed by atoms with Gasteiger partial charge in [0.15, 0.2) is 0 Å². The third kappa shape index (κ3) is 5.06. The van der Waals surface area contributed by atoms with Crippen molar-refractivity contribution in [1.82, 2.24) is 10.2 Å². The van der Waals surface area contributed by atoms with Crippen LogP contribution in [0.25, 0.3) is 6.08 Å². The number of amides is 2. The number of benzene rings is 1. The van der Waals surface area contributed by atoms with E-state index in [1.54, 1.807) is 25.3 Å². The Kier molecular flexibility index (Phi) is 6.76. The van der Waals surface area contributed by atoms with Gasteiger partial charge in [0.1, 0.15) is 16.1 Å². The predicted molar refractivity (Wildman–Crippen MR) is 103 cm³/mol. The maximum Gasteiger partial charge on any atom is 0.325 e. The van der Waals surface area contributed by atoms with E-state index in [2.05, 4.69) is 5.32 Å². The van der Waals surface area contributed by atoms with E-state index in [0.29, 0.717) is 9.23 Å². The minimum Gasteiger partial charge on any atom is -0.497 e. The van der Waals surface area contributed by atoms with Crippen LogP contribution in [0, 0.1) is 0 Å². The molecule has 1 heterocycles. The molecule has 0 bridgehead atoms. The van der Waals surface area contributed by atoms with Crippen molar-refractivity contribution in [3.05, 3.63) is 34.7 Å². The first-order valence-corrected chi connectivity index (χ1v) is 8.96. The third-order valence-electron chi connectivity index (χ3n) is 3.60. The van der Waals surface area contributed by atoms with Gasteiger partial charge in [-0.25, -0.2) is 0 Å². The van der Waals surface area contributed by atoms with E-state index in [1.165, 1.54) is 23.6 Å². The molecule has 0 aliphatic carbocycles. The van der Waals surface area contributed by atoms with E-state index in [-0.39, 0.29) is 18.9 Å². The number of carboxylic acid groups (broad SMARTS) is 1. The molecule has 2 rings (SSSR count). The molecule has 1 saturated heterocycles. The fourth-order valence-corrected chi connectivity index (χ4v) is 3.44. The molecule has 1 aromatic carbocycles. The number of ether oxygens (including phenoxy) is 1.